The van der Waals surface area contributed by atoms with Crippen molar-refractivity contribution in [2.24, 2.45) is 0 Å². The predicted molar refractivity (Wildman–Crippen MR) is 136 cm³/mol. The van der Waals surface area contributed by atoms with Gasteiger partial charge in [-0.05, 0) is 62.7 Å². The van der Waals surface area contributed by atoms with Crippen LogP contribution in [0.2, 0.25) is 0 Å². The van der Waals surface area contributed by atoms with E-state index in [1.807, 2.05) is 20.8 Å². The third-order valence-corrected chi connectivity index (χ3v) is 6.40. The molecule has 4 atom stereocenters. The molecule has 0 fully saturated rings. The highest BCUT2D eigenvalue weighted by Crippen LogP contribution is 2.46. The molecule has 9 nitrogen and oxygen atoms in total. The molecule has 3 aromatic carbocycles. The van der Waals surface area contributed by atoms with Gasteiger partial charge in [0.05, 0.1) is 19.3 Å². The fourth-order valence-corrected chi connectivity index (χ4v) is 4.70. The number of aromatic hydroxyl groups is 2. The summed E-state index contributed by atoms with van der Waals surface area (Å²) in [6.07, 6.45) is -3.26. The molecule has 38 heavy (non-hydrogen) atoms. The van der Waals surface area contributed by atoms with Gasteiger partial charge in [0, 0.05) is 5.56 Å². The topological polar surface area (TPSA) is 124 Å². The summed E-state index contributed by atoms with van der Waals surface area (Å²) in [6, 6.07) is 14.7. The summed E-state index contributed by atoms with van der Waals surface area (Å²) in [7, 11) is 1.45. The highest BCUT2D eigenvalue weighted by molar-refractivity contribution is 6.05. The zero-order chi connectivity index (χ0) is 27.2. The Labute approximate surface area is 220 Å². The van der Waals surface area contributed by atoms with E-state index in [1.165, 1.54) is 19.2 Å². The number of hydrogen-bond acceptors (Lipinski definition) is 9. The van der Waals surface area contributed by atoms with Gasteiger partial charge >= 0.3 is 0 Å². The number of methoxy groups -OCH3 is 1. The predicted octanol–water partition coefficient (Wildman–Crippen LogP) is 4.48. The van der Waals surface area contributed by atoms with Crippen molar-refractivity contribution in [3.63, 3.8) is 0 Å². The van der Waals surface area contributed by atoms with Gasteiger partial charge in [-0.1, -0.05) is 18.2 Å². The first-order valence-corrected chi connectivity index (χ1v) is 12.3. The van der Waals surface area contributed by atoms with E-state index in [0.29, 0.717) is 22.6 Å². The van der Waals surface area contributed by atoms with Gasteiger partial charge < -0.3 is 39.0 Å². The van der Waals surface area contributed by atoms with E-state index < -0.39 is 30.0 Å². The zero-order valence-electron chi connectivity index (χ0n) is 21.5. The maximum Gasteiger partial charge on any atom is 0.203 e. The lowest BCUT2D eigenvalue weighted by molar-refractivity contribution is -0.0909. The van der Waals surface area contributed by atoms with Crippen LogP contribution in [0, 0.1) is 0 Å². The molecule has 0 spiro atoms. The van der Waals surface area contributed by atoms with Crippen LogP contribution >= 0.6 is 0 Å². The van der Waals surface area contributed by atoms with Crippen molar-refractivity contribution in [2.75, 3.05) is 13.7 Å². The molecule has 0 bridgehead atoms. The Morgan fingerprint density at radius 1 is 0.842 bits per heavy atom. The second-order valence-electron chi connectivity index (χ2n) is 10.2. The first kappa shape index (κ1) is 25.7. The highest BCUT2D eigenvalue weighted by atomic mass is 16.6. The van der Waals surface area contributed by atoms with E-state index in [9.17, 15) is 20.1 Å². The molecule has 0 radical (unpaired) electrons. The largest absolute Gasteiger partial charge is 0.507 e. The van der Waals surface area contributed by atoms with Crippen LogP contribution in [-0.2, 0) is 4.74 Å². The molecule has 2 aliphatic heterocycles. The minimum atomic E-state index is -1.02. The molecule has 0 aromatic heterocycles. The van der Waals surface area contributed by atoms with Crippen molar-refractivity contribution in [2.45, 2.75) is 50.8 Å². The average Bonchev–Trinajstić information content (AvgIpc) is 2.88. The molecule has 0 aliphatic carbocycles. The van der Waals surface area contributed by atoms with Crippen LogP contribution < -0.4 is 18.9 Å². The number of Topliss-reactive ketones (excluding diaryl/α,β-unsaturated/α-hetero) is 1. The molecule has 5 rings (SSSR count). The van der Waals surface area contributed by atoms with Gasteiger partial charge in [-0.25, -0.2) is 0 Å². The van der Waals surface area contributed by atoms with E-state index in [1.54, 1.807) is 42.5 Å². The van der Waals surface area contributed by atoms with Crippen LogP contribution in [0.15, 0.2) is 54.6 Å². The monoisotopic (exact) mass is 522 g/mol. The molecule has 200 valence electrons. The molecular formula is C29H30O9. The van der Waals surface area contributed by atoms with Crippen LogP contribution in [0.3, 0.4) is 0 Å². The van der Waals surface area contributed by atoms with Gasteiger partial charge in [0.1, 0.15) is 17.1 Å². The van der Waals surface area contributed by atoms with Crippen LogP contribution in [-0.4, -0.2) is 52.6 Å². The van der Waals surface area contributed by atoms with E-state index in [2.05, 4.69) is 0 Å². The Morgan fingerprint density at radius 3 is 2.26 bits per heavy atom. The minimum Gasteiger partial charge on any atom is -0.507 e. The lowest BCUT2D eigenvalue weighted by atomic mass is 9.91. The maximum absolute atomic E-state index is 13.5. The third kappa shape index (κ3) is 4.70. The number of hydrogen-bond donors (Lipinski definition) is 3. The van der Waals surface area contributed by atoms with Gasteiger partial charge in [0.2, 0.25) is 5.78 Å². The van der Waals surface area contributed by atoms with Gasteiger partial charge in [-0.3, -0.25) is 4.79 Å². The average molecular weight is 523 g/mol. The van der Waals surface area contributed by atoms with E-state index in [0.717, 1.165) is 0 Å². The molecule has 2 aliphatic rings. The molecule has 4 unspecified atom stereocenters. The second kappa shape index (κ2) is 9.74. The fourth-order valence-electron chi connectivity index (χ4n) is 4.70. The van der Waals surface area contributed by atoms with Crippen LogP contribution in [0.1, 0.15) is 54.5 Å². The number of fused-ring (bicyclic) bond motifs is 2. The summed E-state index contributed by atoms with van der Waals surface area (Å²) >= 11 is 0. The lowest BCUT2D eigenvalue weighted by Gasteiger charge is -2.37. The van der Waals surface area contributed by atoms with Crippen LogP contribution in [0.5, 0.6) is 34.5 Å². The van der Waals surface area contributed by atoms with Gasteiger partial charge in [-0.2, -0.15) is 0 Å². The van der Waals surface area contributed by atoms with Gasteiger partial charge in [0.15, 0.2) is 47.4 Å². The molecule has 0 amide bonds. The molecule has 0 saturated heterocycles. The zero-order valence-corrected chi connectivity index (χ0v) is 21.5. The molecule has 3 aromatic rings. The number of aliphatic hydroxyl groups excluding tert-OH is 1. The summed E-state index contributed by atoms with van der Waals surface area (Å²) in [4.78, 5) is 13.5. The van der Waals surface area contributed by atoms with Crippen LogP contribution in [0.25, 0.3) is 0 Å². The maximum atomic E-state index is 13.5. The molecule has 0 saturated carbocycles. The molecule has 9 heteroatoms. The number of carbonyl (C=O) groups is 1. The standard InChI is InChI=1S/C29H30O9/c1-29(2,3)38-28-25(33)24-18(32)6-5-7-20(24)37-27(28)16-9-11-19-22(13-16)35-23(14-30)26(36-19)15-8-10-17(31)21(12-15)34-4/h5-13,23,26-28,30-32H,14H2,1-4H3. The number of ether oxygens (including phenoxy) is 5. The number of carbonyl (C=O) groups excluding carboxylic acids is 1. The van der Waals surface area contributed by atoms with E-state index >= 15 is 0 Å². The summed E-state index contributed by atoms with van der Waals surface area (Å²) < 4.78 is 29.9. The number of aliphatic hydroxyl groups is 1. The Bertz CT molecular complexity index is 1360. The van der Waals surface area contributed by atoms with E-state index in [4.69, 9.17) is 23.7 Å². The summed E-state index contributed by atoms with van der Waals surface area (Å²) in [5.74, 6) is 0.784. The molecular weight excluding hydrogens is 492 g/mol. The van der Waals surface area contributed by atoms with Crippen molar-refractivity contribution >= 4 is 5.78 Å². The Morgan fingerprint density at radius 2 is 1.55 bits per heavy atom. The number of phenols is 2. The van der Waals surface area contributed by atoms with Gasteiger partial charge in [-0.15, -0.1) is 0 Å². The number of phenolic OH excluding ortho intramolecular Hbond substituents is 2. The quantitative estimate of drug-likeness (QED) is 0.445. The highest BCUT2D eigenvalue weighted by Gasteiger charge is 2.43. The summed E-state index contributed by atoms with van der Waals surface area (Å²) in [5.41, 5.74) is 0.677. The third-order valence-electron chi connectivity index (χ3n) is 6.40. The minimum absolute atomic E-state index is 0.0116. The Kier molecular flexibility index (Phi) is 6.58. The first-order chi connectivity index (χ1) is 18.1. The molecule has 2 heterocycles. The van der Waals surface area contributed by atoms with Crippen molar-refractivity contribution in [3.05, 3.63) is 71.3 Å². The molecule has 3 N–H and O–H groups in total. The summed E-state index contributed by atoms with van der Waals surface area (Å²) in [5, 5.41) is 30.4. The van der Waals surface area contributed by atoms with Crippen LogP contribution in [0.4, 0.5) is 0 Å². The second-order valence-corrected chi connectivity index (χ2v) is 10.2. The smallest absolute Gasteiger partial charge is 0.203 e. The van der Waals surface area contributed by atoms with Crippen molar-refractivity contribution in [3.8, 4) is 34.5 Å². The Hall–Kier alpha value is -3.95. The van der Waals surface area contributed by atoms with Crippen molar-refractivity contribution in [1.82, 2.24) is 0 Å². The number of rotatable bonds is 5. The van der Waals surface area contributed by atoms with Crippen molar-refractivity contribution in [1.29, 1.82) is 0 Å². The fraction of sp³-hybridized carbons (Fsp3) is 0.345. The first-order valence-electron chi connectivity index (χ1n) is 12.3. The lowest BCUT2D eigenvalue weighted by Crippen LogP contribution is -2.43. The van der Waals surface area contributed by atoms with E-state index in [-0.39, 0.29) is 41.0 Å². The number of ketones is 1. The van der Waals surface area contributed by atoms with Gasteiger partial charge in [0.25, 0.3) is 0 Å². The number of benzene rings is 3. The Balaban J connectivity index is 1.50. The summed E-state index contributed by atoms with van der Waals surface area (Å²) in [6.45, 7) is 5.18. The normalized spacial score (nSPS) is 22.4. The van der Waals surface area contributed by atoms with Crippen molar-refractivity contribution < 1.29 is 43.8 Å². The SMILES string of the molecule is COc1cc(C2Oc3ccc(C4Oc5cccc(O)c5C(=O)C4OC(C)(C)C)cc3OC2CO)ccc1O.